The van der Waals surface area contributed by atoms with Crippen molar-refractivity contribution in [1.29, 1.82) is 0 Å². The topological polar surface area (TPSA) is 38.3 Å². The minimum atomic E-state index is -0.620. The van der Waals surface area contributed by atoms with Crippen LogP contribution in [0.2, 0.25) is 15.1 Å². The summed E-state index contributed by atoms with van der Waals surface area (Å²) in [6.07, 6.45) is -0.620. The van der Waals surface area contributed by atoms with Crippen molar-refractivity contribution in [3.63, 3.8) is 0 Å². The Morgan fingerprint density at radius 3 is 2.36 bits per heavy atom. The Hall–Kier alpha value is -0.640. The number of nitrogens with one attached hydrogen (secondary N) is 1. The summed E-state index contributed by atoms with van der Waals surface area (Å²) in [7, 11) is 1.25. The molecule has 0 atom stereocenters. The minimum absolute atomic E-state index is 0.296. The molecule has 0 heterocycles. The number of hydrogen-bond donors (Lipinski definition) is 1. The monoisotopic (exact) mass is 253 g/mol. The number of carbonyl (C=O) groups is 1. The molecule has 0 aliphatic carbocycles. The quantitative estimate of drug-likeness (QED) is 0.774. The summed E-state index contributed by atoms with van der Waals surface area (Å²) >= 11 is 17.2. The molecular formula is C8H6Cl3NO2. The predicted octanol–water partition coefficient (Wildman–Crippen LogP) is 3.83. The summed E-state index contributed by atoms with van der Waals surface area (Å²) in [6.45, 7) is 0. The molecule has 76 valence electrons. The minimum Gasteiger partial charge on any atom is -0.453 e. The van der Waals surface area contributed by atoms with Gasteiger partial charge in [0.15, 0.2) is 0 Å². The fourth-order valence-electron chi connectivity index (χ4n) is 0.779. The second kappa shape index (κ2) is 4.73. The lowest BCUT2D eigenvalue weighted by Crippen LogP contribution is -2.11. The molecule has 1 N–H and O–H groups in total. The van der Waals surface area contributed by atoms with Crippen molar-refractivity contribution in [2.75, 3.05) is 12.4 Å². The summed E-state index contributed by atoms with van der Waals surface area (Å²) in [6, 6.07) is 2.89. The fourth-order valence-corrected chi connectivity index (χ4v) is 1.37. The SMILES string of the molecule is COC(=O)Nc1cc(Cl)c(Cl)cc1Cl. The molecule has 0 saturated carbocycles. The Kier molecular flexibility index (Phi) is 3.86. The van der Waals surface area contributed by atoms with Crippen LogP contribution in [-0.2, 0) is 4.74 Å². The van der Waals surface area contributed by atoms with Crippen LogP contribution in [0.5, 0.6) is 0 Å². The number of amides is 1. The van der Waals surface area contributed by atoms with Gasteiger partial charge in [0, 0.05) is 0 Å². The van der Waals surface area contributed by atoms with E-state index >= 15 is 0 Å². The molecule has 0 aromatic heterocycles. The maximum absolute atomic E-state index is 10.9. The molecule has 6 heteroatoms. The zero-order chi connectivity index (χ0) is 10.7. The van der Waals surface area contributed by atoms with Crippen LogP contribution in [0.1, 0.15) is 0 Å². The molecular weight excluding hydrogens is 248 g/mol. The van der Waals surface area contributed by atoms with Gasteiger partial charge in [-0.25, -0.2) is 4.79 Å². The zero-order valence-electron chi connectivity index (χ0n) is 7.11. The van der Waals surface area contributed by atoms with Crippen LogP contribution in [-0.4, -0.2) is 13.2 Å². The maximum Gasteiger partial charge on any atom is 0.411 e. The van der Waals surface area contributed by atoms with Gasteiger partial charge < -0.3 is 4.74 Å². The Bertz CT molecular complexity index is 368. The van der Waals surface area contributed by atoms with Crippen molar-refractivity contribution < 1.29 is 9.53 Å². The molecule has 1 aromatic rings. The molecule has 0 fully saturated rings. The van der Waals surface area contributed by atoms with E-state index in [1.807, 2.05) is 0 Å². The third-order valence-corrected chi connectivity index (χ3v) is 2.47. The zero-order valence-corrected chi connectivity index (χ0v) is 9.37. The van der Waals surface area contributed by atoms with Gasteiger partial charge in [-0.15, -0.1) is 0 Å². The number of halogens is 3. The normalized spacial score (nSPS) is 9.71. The average Bonchev–Trinajstić information content (AvgIpc) is 2.14. The van der Waals surface area contributed by atoms with Crippen molar-refractivity contribution >= 4 is 46.6 Å². The van der Waals surface area contributed by atoms with Crippen LogP contribution in [0.4, 0.5) is 10.5 Å². The van der Waals surface area contributed by atoms with Gasteiger partial charge in [-0.3, -0.25) is 5.32 Å². The molecule has 1 amide bonds. The van der Waals surface area contributed by atoms with Gasteiger partial charge >= 0.3 is 6.09 Å². The number of carbonyl (C=O) groups excluding carboxylic acids is 1. The summed E-state index contributed by atoms with van der Waals surface area (Å²) in [5.41, 5.74) is 0.355. The Morgan fingerprint density at radius 2 is 1.79 bits per heavy atom. The van der Waals surface area contributed by atoms with Crippen LogP contribution in [0, 0.1) is 0 Å². The number of ether oxygens (including phenoxy) is 1. The number of methoxy groups -OCH3 is 1. The summed E-state index contributed by atoms with van der Waals surface area (Å²) in [5.74, 6) is 0. The van der Waals surface area contributed by atoms with E-state index < -0.39 is 6.09 Å². The van der Waals surface area contributed by atoms with Gasteiger partial charge in [-0.2, -0.15) is 0 Å². The van der Waals surface area contributed by atoms with E-state index in [1.54, 1.807) is 0 Å². The number of benzene rings is 1. The number of hydrogen-bond acceptors (Lipinski definition) is 2. The van der Waals surface area contributed by atoms with Crippen LogP contribution in [0.15, 0.2) is 12.1 Å². The van der Waals surface area contributed by atoms with Crippen LogP contribution < -0.4 is 5.32 Å². The Balaban J connectivity index is 2.98. The third-order valence-electron chi connectivity index (χ3n) is 1.43. The van der Waals surface area contributed by atoms with E-state index in [0.29, 0.717) is 20.8 Å². The largest absolute Gasteiger partial charge is 0.453 e. The van der Waals surface area contributed by atoms with Gasteiger partial charge in [-0.1, -0.05) is 34.8 Å². The highest BCUT2D eigenvalue weighted by Crippen LogP contribution is 2.32. The van der Waals surface area contributed by atoms with Gasteiger partial charge in [0.2, 0.25) is 0 Å². The molecule has 3 nitrogen and oxygen atoms in total. The van der Waals surface area contributed by atoms with Crippen molar-refractivity contribution in [2.45, 2.75) is 0 Å². The molecule has 1 rings (SSSR count). The maximum atomic E-state index is 10.9. The third kappa shape index (κ3) is 2.67. The molecule has 0 aliphatic heterocycles. The summed E-state index contributed by atoms with van der Waals surface area (Å²) in [4.78, 5) is 10.9. The van der Waals surface area contributed by atoms with Gasteiger partial charge in [0.05, 0.1) is 27.9 Å². The average molecular weight is 254 g/mol. The smallest absolute Gasteiger partial charge is 0.411 e. The van der Waals surface area contributed by atoms with Gasteiger partial charge in [0.25, 0.3) is 0 Å². The van der Waals surface area contributed by atoms with Crippen LogP contribution in [0.3, 0.4) is 0 Å². The lowest BCUT2D eigenvalue weighted by atomic mass is 10.3. The first-order valence-electron chi connectivity index (χ1n) is 3.54. The standard InChI is InChI=1S/C8H6Cl3NO2/c1-14-8(13)12-7-3-5(10)4(9)2-6(7)11/h2-3H,1H3,(H,12,13). The first-order chi connectivity index (χ1) is 6.54. The summed E-state index contributed by atoms with van der Waals surface area (Å²) < 4.78 is 4.39. The second-order valence-electron chi connectivity index (χ2n) is 2.36. The highest BCUT2D eigenvalue weighted by molar-refractivity contribution is 6.44. The number of rotatable bonds is 1. The molecule has 0 radical (unpaired) electrons. The van der Waals surface area contributed by atoms with E-state index in [0.717, 1.165) is 0 Å². The molecule has 0 saturated heterocycles. The molecule has 0 spiro atoms. The van der Waals surface area contributed by atoms with E-state index in [4.69, 9.17) is 34.8 Å². The molecule has 0 aliphatic rings. The molecule has 0 unspecified atom stereocenters. The first kappa shape index (κ1) is 11.4. The van der Waals surface area contributed by atoms with E-state index in [9.17, 15) is 4.79 Å². The Morgan fingerprint density at radius 1 is 1.21 bits per heavy atom. The van der Waals surface area contributed by atoms with Crippen molar-refractivity contribution in [3.8, 4) is 0 Å². The van der Waals surface area contributed by atoms with Crippen molar-refractivity contribution in [3.05, 3.63) is 27.2 Å². The lowest BCUT2D eigenvalue weighted by Gasteiger charge is -2.06. The van der Waals surface area contributed by atoms with Crippen LogP contribution in [0.25, 0.3) is 0 Å². The molecule has 14 heavy (non-hydrogen) atoms. The van der Waals surface area contributed by atoms with E-state index in [2.05, 4.69) is 10.1 Å². The summed E-state index contributed by atoms with van der Waals surface area (Å²) in [5, 5.41) is 3.32. The fraction of sp³-hybridized carbons (Fsp3) is 0.125. The lowest BCUT2D eigenvalue weighted by molar-refractivity contribution is 0.187. The molecule has 1 aromatic carbocycles. The highest BCUT2D eigenvalue weighted by Gasteiger charge is 2.08. The van der Waals surface area contributed by atoms with Crippen molar-refractivity contribution in [2.24, 2.45) is 0 Å². The van der Waals surface area contributed by atoms with Gasteiger partial charge in [0.1, 0.15) is 0 Å². The first-order valence-corrected chi connectivity index (χ1v) is 4.67. The van der Waals surface area contributed by atoms with E-state index in [-0.39, 0.29) is 0 Å². The van der Waals surface area contributed by atoms with E-state index in [1.165, 1.54) is 19.2 Å². The molecule has 0 bridgehead atoms. The number of anilines is 1. The highest BCUT2D eigenvalue weighted by atomic mass is 35.5. The van der Waals surface area contributed by atoms with Crippen molar-refractivity contribution in [1.82, 2.24) is 0 Å². The predicted molar refractivity (Wildman–Crippen MR) is 57.5 cm³/mol. The van der Waals surface area contributed by atoms with Crippen LogP contribution >= 0.6 is 34.8 Å². The second-order valence-corrected chi connectivity index (χ2v) is 3.58. The Labute approximate surface area is 95.9 Å². The van der Waals surface area contributed by atoms with Gasteiger partial charge in [-0.05, 0) is 12.1 Å².